The molecule has 0 radical (unpaired) electrons. The number of aliphatic hydroxyl groups excluding tert-OH is 1. The summed E-state index contributed by atoms with van der Waals surface area (Å²) in [4.78, 5) is 14.7. The normalized spacial score (nSPS) is 19.0. The molecule has 1 atom stereocenters. The zero-order valence-corrected chi connectivity index (χ0v) is 10.1. The number of carbonyl (C=O) groups is 1. The lowest BCUT2D eigenvalue weighted by molar-refractivity contribution is -0.131. The van der Waals surface area contributed by atoms with Crippen molar-refractivity contribution >= 4 is 5.91 Å². The van der Waals surface area contributed by atoms with Gasteiger partial charge in [-0.2, -0.15) is 4.80 Å². The van der Waals surface area contributed by atoms with E-state index in [-0.39, 0.29) is 12.5 Å². The summed E-state index contributed by atoms with van der Waals surface area (Å²) in [7, 11) is 0. The van der Waals surface area contributed by atoms with Crippen molar-refractivity contribution in [2.75, 3.05) is 13.1 Å². The molecular weight excluding hydrogens is 250 g/mol. The van der Waals surface area contributed by atoms with Crippen LogP contribution in [0.15, 0.2) is 22.8 Å². The fraction of sp³-hybridized carbons (Fsp3) is 0.455. The van der Waals surface area contributed by atoms with Crippen LogP contribution in [-0.4, -0.2) is 55.3 Å². The quantitative estimate of drug-likeness (QED) is 0.803. The summed E-state index contributed by atoms with van der Waals surface area (Å²) >= 11 is 0. The van der Waals surface area contributed by atoms with E-state index in [4.69, 9.17) is 4.42 Å². The van der Waals surface area contributed by atoms with Crippen molar-refractivity contribution in [3.63, 3.8) is 0 Å². The maximum absolute atomic E-state index is 11.9. The van der Waals surface area contributed by atoms with Crippen LogP contribution >= 0.6 is 0 Å². The summed E-state index contributed by atoms with van der Waals surface area (Å²) in [6.07, 6.45) is 1.72. The summed E-state index contributed by atoms with van der Waals surface area (Å²) < 4.78 is 5.14. The topological polar surface area (TPSA) is 97.3 Å². The van der Waals surface area contributed by atoms with E-state index in [9.17, 15) is 9.90 Å². The number of β-amino-alcohol motifs (C(OH)–C–C–N with tert-alkyl or cyclic N) is 1. The largest absolute Gasteiger partial charge is 0.461 e. The molecule has 1 amide bonds. The third-order valence-electron chi connectivity index (χ3n) is 2.99. The highest BCUT2D eigenvalue weighted by molar-refractivity contribution is 5.76. The zero-order valence-electron chi connectivity index (χ0n) is 10.1. The first-order valence-corrected chi connectivity index (χ1v) is 6.00. The third kappa shape index (κ3) is 2.48. The highest BCUT2D eigenvalue weighted by atomic mass is 16.3. The van der Waals surface area contributed by atoms with E-state index in [0.717, 1.165) is 0 Å². The van der Waals surface area contributed by atoms with Gasteiger partial charge in [0.15, 0.2) is 5.76 Å². The Bertz CT molecular complexity index is 565. The minimum Gasteiger partial charge on any atom is -0.461 e. The Balaban J connectivity index is 1.66. The number of hydrogen-bond acceptors (Lipinski definition) is 6. The molecule has 0 aromatic carbocycles. The predicted octanol–water partition coefficient (Wildman–Crippen LogP) is -0.474. The van der Waals surface area contributed by atoms with Gasteiger partial charge < -0.3 is 14.4 Å². The van der Waals surface area contributed by atoms with E-state index in [1.165, 1.54) is 11.1 Å². The zero-order chi connectivity index (χ0) is 13.2. The van der Waals surface area contributed by atoms with Gasteiger partial charge in [-0.25, -0.2) is 0 Å². The molecule has 1 aliphatic rings. The average Bonchev–Trinajstić information content (AvgIpc) is 3.07. The van der Waals surface area contributed by atoms with Gasteiger partial charge in [-0.1, -0.05) is 0 Å². The molecule has 3 heterocycles. The molecule has 1 N–H and O–H groups in total. The van der Waals surface area contributed by atoms with Crippen LogP contribution in [0.2, 0.25) is 0 Å². The Morgan fingerprint density at radius 2 is 2.47 bits per heavy atom. The van der Waals surface area contributed by atoms with Crippen molar-refractivity contribution in [1.82, 2.24) is 25.1 Å². The van der Waals surface area contributed by atoms with E-state index in [0.29, 0.717) is 31.1 Å². The van der Waals surface area contributed by atoms with Crippen molar-refractivity contribution in [3.05, 3.63) is 18.4 Å². The molecule has 3 rings (SSSR count). The second kappa shape index (κ2) is 4.81. The first-order valence-electron chi connectivity index (χ1n) is 6.00. The lowest BCUT2D eigenvalue weighted by Gasteiger charge is -2.14. The minimum atomic E-state index is -0.425. The van der Waals surface area contributed by atoms with Crippen molar-refractivity contribution < 1.29 is 14.3 Å². The number of hydrogen-bond donors (Lipinski definition) is 1. The number of furan rings is 1. The minimum absolute atomic E-state index is 0.0143. The van der Waals surface area contributed by atoms with Crippen molar-refractivity contribution in [1.29, 1.82) is 0 Å². The van der Waals surface area contributed by atoms with Crippen LogP contribution in [0.3, 0.4) is 0 Å². The molecule has 0 spiro atoms. The Morgan fingerprint density at radius 1 is 1.58 bits per heavy atom. The number of rotatable bonds is 3. The summed E-state index contributed by atoms with van der Waals surface area (Å²) in [5.74, 6) is 0.731. The molecule has 0 bridgehead atoms. The average molecular weight is 263 g/mol. The Labute approximate surface area is 108 Å². The number of carbonyl (C=O) groups excluding carboxylic acids is 1. The van der Waals surface area contributed by atoms with E-state index in [1.807, 2.05) is 0 Å². The van der Waals surface area contributed by atoms with Gasteiger partial charge in [-0.3, -0.25) is 4.79 Å². The molecule has 0 unspecified atom stereocenters. The summed E-state index contributed by atoms with van der Waals surface area (Å²) in [5.41, 5.74) is 0. The van der Waals surface area contributed by atoms with Gasteiger partial charge in [-0.05, 0) is 23.8 Å². The lowest BCUT2D eigenvalue weighted by Crippen LogP contribution is -2.33. The van der Waals surface area contributed by atoms with Gasteiger partial charge in [0.1, 0.15) is 6.54 Å². The van der Waals surface area contributed by atoms with Gasteiger partial charge in [0.25, 0.3) is 0 Å². The predicted molar refractivity (Wildman–Crippen MR) is 62.7 cm³/mol. The molecule has 0 aliphatic carbocycles. The number of aliphatic hydroxyl groups is 1. The van der Waals surface area contributed by atoms with Crippen LogP contribution in [0.25, 0.3) is 11.6 Å². The van der Waals surface area contributed by atoms with Crippen LogP contribution in [0.4, 0.5) is 0 Å². The Morgan fingerprint density at radius 3 is 3.16 bits per heavy atom. The molecule has 8 nitrogen and oxygen atoms in total. The SMILES string of the molecule is O=C(Cn1nnc(-c2ccco2)n1)N1CC[C@H](O)C1. The highest BCUT2D eigenvalue weighted by Gasteiger charge is 2.25. The molecule has 1 aliphatic heterocycles. The van der Waals surface area contributed by atoms with Crippen LogP contribution in [-0.2, 0) is 11.3 Å². The van der Waals surface area contributed by atoms with Gasteiger partial charge in [0, 0.05) is 13.1 Å². The second-order valence-electron chi connectivity index (χ2n) is 4.40. The fourth-order valence-corrected chi connectivity index (χ4v) is 2.00. The van der Waals surface area contributed by atoms with Gasteiger partial charge >= 0.3 is 0 Å². The van der Waals surface area contributed by atoms with Crippen LogP contribution < -0.4 is 0 Å². The maximum Gasteiger partial charge on any atom is 0.246 e. The first-order chi connectivity index (χ1) is 9.22. The fourth-order valence-electron chi connectivity index (χ4n) is 2.00. The summed E-state index contributed by atoms with van der Waals surface area (Å²) in [6, 6.07) is 3.45. The molecule has 1 saturated heterocycles. The van der Waals surface area contributed by atoms with E-state index in [2.05, 4.69) is 15.4 Å². The second-order valence-corrected chi connectivity index (χ2v) is 4.40. The molecule has 8 heteroatoms. The van der Waals surface area contributed by atoms with Crippen molar-refractivity contribution in [3.8, 4) is 11.6 Å². The Hall–Kier alpha value is -2.22. The standard InChI is InChI=1S/C11H13N5O3/c17-8-3-4-15(6-8)10(18)7-16-13-11(12-14-16)9-2-1-5-19-9/h1-2,5,8,17H,3-4,6-7H2/t8-/m0/s1. The number of likely N-dealkylation sites (tertiary alicyclic amines) is 1. The number of amides is 1. The monoisotopic (exact) mass is 263 g/mol. The van der Waals surface area contributed by atoms with Crippen LogP contribution in [0, 0.1) is 0 Å². The number of aromatic nitrogens is 4. The van der Waals surface area contributed by atoms with E-state index >= 15 is 0 Å². The summed E-state index contributed by atoms with van der Waals surface area (Å²) in [6.45, 7) is 0.957. The number of nitrogens with zero attached hydrogens (tertiary/aromatic N) is 5. The molecule has 19 heavy (non-hydrogen) atoms. The summed E-state index contributed by atoms with van der Waals surface area (Å²) in [5, 5.41) is 21.1. The maximum atomic E-state index is 11.9. The van der Waals surface area contributed by atoms with Crippen molar-refractivity contribution in [2.45, 2.75) is 19.1 Å². The highest BCUT2D eigenvalue weighted by Crippen LogP contribution is 2.13. The van der Waals surface area contributed by atoms with Gasteiger partial charge in [-0.15, -0.1) is 10.2 Å². The third-order valence-corrected chi connectivity index (χ3v) is 2.99. The van der Waals surface area contributed by atoms with Gasteiger partial charge in [0.05, 0.1) is 12.4 Å². The van der Waals surface area contributed by atoms with E-state index < -0.39 is 6.10 Å². The van der Waals surface area contributed by atoms with E-state index in [1.54, 1.807) is 17.0 Å². The molecule has 1 fully saturated rings. The van der Waals surface area contributed by atoms with Crippen LogP contribution in [0.1, 0.15) is 6.42 Å². The lowest BCUT2D eigenvalue weighted by atomic mass is 10.3. The molecule has 100 valence electrons. The molecule has 0 saturated carbocycles. The Kier molecular flexibility index (Phi) is 3.00. The number of tetrazole rings is 1. The smallest absolute Gasteiger partial charge is 0.246 e. The first kappa shape index (κ1) is 11.8. The van der Waals surface area contributed by atoms with Gasteiger partial charge in [0.2, 0.25) is 11.7 Å². The van der Waals surface area contributed by atoms with Crippen molar-refractivity contribution in [2.24, 2.45) is 0 Å². The molecular formula is C11H13N5O3. The molecule has 2 aromatic heterocycles. The van der Waals surface area contributed by atoms with Crippen LogP contribution in [0.5, 0.6) is 0 Å². The molecule has 2 aromatic rings.